The molecule has 3 heterocycles. The number of benzene rings is 1. The Bertz CT molecular complexity index is 804. The SMILES string of the molecule is c1cc(CCc2cnc(-c3ccc4c(c3)OCO4)cn2)ccn1. The van der Waals surface area contributed by atoms with E-state index in [1.54, 1.807) is 6.20 Å². The third-order valence-electron chi connectivity index (χ3n) is 3.79. The van der Waals surface area contributed by atoms with Crippen molar-refractivity contribution in [3.05, 3.63) is 66.4 Å². The van der Waals surface area contributed by atoms with Crippen LogP contribution in [0.3, 0.4) is 0 Å². The molecule has 0 saturated carbocycles. The highest BCUT2D eigenvalue weighted by Gasteiger charge is 2.14. The fourth-order valence-electron chi connectivity index (χ4n) is 2.51. The molecule has 5 nitrogen and oxygen atoms in total. The zero-order chi connectivity index (χ0) is 15.5. The molecule has 2 aromatic heterocycles. The van der Waals surface area contributed by atoms with Gasteiger partial charge in [-0.05, 0) is 48.7 Å². The minimum Gasteiger partial charge on any atom is -0.454 e. The Balaban J connectivity index is 1.47. The summed E-state index contributed by atoms with van der Waals surface area (Å²) < 4.78 is 10.7. The van der Waals surface area contributed by atoms with Crippen LogP contribution in [0.1, 0.15) is 11.3 Å². The number of ether oxygens (including phenoxy) is 2. The summed E-state index contributed by atoms with van der Waals surface area (Å²) in [5.74, 6) is 1.53. The highest BCUT2D eigenvalue weighted by atomic mass is 16.7. The van der Waals surface area contributed by atoms with E-state index in [1.807, 2.05) is 48.9 Å². The Kier molecular flexibility index (Phi) is 3.60. The summed E-state index contributed by atoms with van der Waals surface area (Å²) in [6.45, 7) is 0.276. The van der Waals surface area contributed by atoms with Crippen LogP contribution in [-0.2, 0) is 12.8 Å². The minimum absolute atomic E-state index is 0.276. The maximum atomic E-state index is 5.40. The molecular weight excluding hydrogens is 290 g/mol. The van der Waals surface area contributed by atoms with E-state index in [-0.39, 0.29) is 6.79 Å². The van der Waals surface area contributed by atoms with Gasteiger partial charge in [0.15, 0.2) is 11.5 Å². The average molecular weight is 305 g/mol. The van der Waals surface area contributed by atoms with Crippen LogP contribution in [0.4, 0.5) is 0 Å². The Hall–Kier alpha value is -2.95. The van der Waals surface area contributed by atoms with Crippen LogP contribution >= 0.6 is 0 Å². The van der Waals surface area contributed by atoms with Crippen molar-refractivity contribution in [2.45, 2.75) is 12.8 Å². The fraction of sp³-hybridized carbons (Fsp3) is 0.167. The van der Waals surface area contributed by atoms with E-state index in [9.17, 15) is 0 Å². The van der Waals surface area contributed by atoms with Gasteiger partial charge in [-0.1, -0.05) is 0 Å². The lowest BCUT2D eigenvalue weighted by atomic mass is 10.1. The second-order valence-electron chi connectivity index (χ2n) is 5.32. The molecule has 4 rings (SSSR count). The van der Waals surface area contributed by atoms with Crippen LogP contribution in [0.25, 0.3) is 11.3 Å². The molecule has 23 heavy (non-hydrogen) atoms. The number of hydrogen-bond donors (Lipinski definition) is 0. The van der Waals surface area contributed by atoms with Crippen molar-refractivity contribution in [3.8, 4) is 22.8 Å². The molecule has 1 aromatic carbocycles. The number of nitrogens with zero attached hydrogens (tertiary/aromatic N) is 3. The normalized spacial score (nSPS) is 12.3. The minimum atomic E-state index is 0.276. The molecule has 0 spiro atoms. The second-order valence-corrected chi connectivity index (χ2v) is 5.32. The monoisotopic (exact) mass is 305 g/mol. The number of pyridine rings is 1. The molecule has 0 bridgehead atoms. The van der Waals surface area contributed by atoms with Crippen LogP contribution in [0.2, 0.25) is 0 Å². The van der Waals surface area contributed by atoms with Crippen LogP contribution < -0.4 is 9.47 Å². The van der Waals surface area contributed by atoms with Crippen molar-refractivity contribution >= 4 is 0 Å². The van der Waals surface area contributed by atoms with E-state index >= 15 is 0 Å². The highest BCUT2D eigenvalue weighted by molar-refractivity contribution is 5.63. The molecule has 3 aromatic rings. The van der Waals surface area contributed by atoms with Gasteiger partial charge < -0.3 is 9.47 Å². The Morgan fingerprint density at radius 3 is 2.57 bits per heavy atom. The topological polar surface area (TPSA) is 57.1 Å². The zero-order valence-corrected chi connectivity index (χ0v) is 12.5. The fourth-order valence-corrected chi connectivity index (χ4v) is 2.51. The van der Waals surface area contributed by atoms with Crippen LogP contribution in [-0.4, -0.2) is 21.7 Å². The molecule has 5 heteroatoms. The largest absolute Gasteiger partial charge is 0.454 e. The lowest BCUT2D eigenvalue weighted by molar-refractivity contribution is 0.174. The van der Waals surface area contributed by atoms with Gasteiger partial charge in [0.2, 0.25) is 6.79 Å². The summed E-state index contributed by atoms with van der Waals surface area (Å²) in [4.78, 5) is 13.1. The summed E-state index contributed by atoms with van der Waals surface area (Å²) in [5, 5.41) is 0. The number of hydrogen-bond acceptors (Lipinski definition) is 5. The smallest absolute Gasteiger partial charge is 0.231 e. The number of rotatable bonds is 4. The molecule has 0 saturated heterocycles. The lowest BCUT2D eigenvalue weighted by Gasteiger charge is -2.04. The molecule has 114 valence electrons. The molecule has 0 unspecified atom stereocenters. The maximum Gasteiger partial charge on any atom is 0.231 e. The van der Waals surface area contributed by atoms with E-state index in [2.05, 4.69) is 15.0 Å². The van der Waals surface area contributed by atoms with Crippen molar-refractivity contribution in [2.75, 3.05) is 6.79 Å². The lowest BCUT2D eigenvalue weighted by Crippen LogP contribution is -1.96. The van der Waals surface area contributed by atoms with E-state index in [0.717, 1.165) is 41.3 Å². The van der Waals surface area contributed by atoms with Gasteiger partial charge in [0, 0.05) is 24.2 Å². The molecule has 0 atom stereocenters. The number of fused-ring (bicyclic) bond motifs is 1. The molecule has 0 N–H and O–H groups in total. The van der Waals surface area contributed by atoms with Crippen molar-refractivity contribution < 1.29 is 9.47 Å². The van der Waals surface area contributed by atoms with Crippen LogP contribution in [0.5, 0.6) is 11.5 Å². The molecule has 0 fully saturated rings. The first-order valence-electron chi connectivity index (χ1n) is 7.48. The molecule has 1 aliphatic heterocycles. The van der Waals surface area contributed by atoms with Gasteiger partial charge in [-0.3, -0.25) is 15.0 Å². The predicted molar refractivity (Wildman–Crippen MR) is 85.2 cm³/mol. The highest BCUT2D eigenvalue weighted by Crippen LogP contribution is 2.35. The summed E-state index contributed by atoms with van der Waals surface area (Å²) in [6.07, 6.45) is 9.05. The standard InChI is InChI=1S/C18H15N3O2/c1(13-5-7-19-8-6-13)3-15-10-21-16(11-20-15)14-2-4-17-18(9-14)23-12-22-17/h2,4-11H,1,3,12H2. The third kappa shape index (κ3) is 2.99. The van der Waals surface area contributed by atoms with E-state index in [1.165, 1.54) is 5.56 Å². The number of aryl methyl sites for hydroxylation is 2. The summed E-state index contributed by atoms with van der Waals surface area (Å²) in [5.41, 5.74) is 4.03. The first kappa shape index (κ1) is 13.7. The second kappa shape index (κ2) is 6.04. The molecule has 0 aliphatic carbocycles. The predicted octanol–water partition coefficient (Wildman–Crippen LogP) is 3.05. The van der Waals surface area contributed by atoms with Crippen LogP contribution in [0, 0.1) is 0 Å². The molecular formula is C18H15N3O2. The Labute approximate surface area is 134 Å². The van der Waals surface area contributed by atoms with Gasteiger partial charge in [-0.25, -0.2) is 0 Å². The first-order chi connectivity index (χ1) is 11.4. The van der Waals surface area contributed by atoms with E-state index in [4.69, 9.17) is 9.47 Å². The Morgan fingerprint density at radius 2 is 1.74 bits per heavy atom. The summed E-state index contributed by atoms with van der Waals surface area (Å²) in [7, 11) is 0. The van der Waals surface area contributed by atoms with Gasteiger partial charge in [0.05, 0.1) is 17.6 Å². The van der Waals surface area contributed by atoms with Gasteiger partial charge in [-0.2, -0.15) is 0 Å². The van der Waals surface area contributed by atoms with E-state index in [0.29, 0.717) is 0 Å². The Morgan fingerprint density at radius 1 is 0.870 bits per heavy atom. The maximum absolute atomic E-state index is 5.40. The summed E-state index contributed by atoms with van der Waals surface area (Å²) >= 11 is 0. The van der Waals surface area contributed by atoms with Crippen LogP contribution in [0.15, 0.2) is 55.1 Å². The number of aromatic nitrogens is 3. The van der Waals surface area contributed by atoms with Crippen molar-refractivity contribution in [3.63, 3.8) is 0 Å². The van der Waals surface area contributed by atoms with Gasteiger partial charge in [0.1, 0.15) is 0 Å². The summed E-state index contributed by atoms with van der Waals surface area (Å²) in [6, 6.07) is 9.84. The molecule has 0 radical (unpaired) electrons. The zero-order valence-electron chi connectivity index (χ0n) is 12.5. The van der Waals surface area contributed by atoms with Gasteiger partial charge in [0.25, 0.3) is 0 Å². The van der Waals surface area contributed by atoms with Crippen molar-refractivity contribution in [1.29, 1.82) is 0 Å². The molecule has 0 amide bonds. The average Bonchev–Trinajstić information content (AvgIpc) is 3.09. The van der Waals surface area contributed by atoms with Crippen molar-refractivity contribution in [2.24, 2.45) is 0 Å². The van der Waals surface area contributed by atoms with Crippen molar-refractivity contribution in [1.82, 2.24) is 15.0 Å². The third-order valence-corrected chi connectivity index (χ3v) is 3.79. The quantitative estimate of drug-likeness (QED) is 0.741. The van der Waals surface area contributed by atoms with Gasteiger partial charge in [-0.15, -0.1) is 0 Å². The van der Waals surface area contributed by atoms with E-state index < -0.39 is 0 Å². The molecule has 1 aliphatic rings. The first-order valence-corrected chi connectivity index (χ1v) is 7.48. The van der Waals surface area contributed by atoms with Gasteiger partial charge >= 0.3 is 0 Å².